The summed E-state index contributed by atoms with van der Waals surface area (Å²) in [5.74, 6) is -5.75. The molecule has 296 valence electrons. The van der Waals surface area contributed by atoms with Gasteiger partial charge in [-0.25, -0.2) is 0 Å². The quantitative estimate of drug-likeness (QED) is 0.165. The molecule has 0 aromatic heterocycles. The lowest BCUT2D eigenvalue weighted by atomic mass is 10.1. The first kappa shape index (κ1) is 43.4. The summed E-state index contributed by atoms with van der Waals surface area (Å²) in [5, 5.41) is 9.13. The standard InChI is InChI=1S/C36H38F6N6O7/c37-35(38,39)27-10-6-25(7-11-27)18-47(31(51)21-45(30(50)16-43)15-14-34(54)55)23-33(53)48(19-26-8-12-28(13-9-26)36(40,41)42)22-32(52)46(20-29(44)49)17-24-4-2-1-3-5-24/h1-13H,14-23,43H2,(H2,44,49)(H,54,55). The van der Waals surface area contributed by atoms with Crippen LogP contribution in [0.4, 0.5) is 26.3 Å². The fourth-order valence-corrected chi connectivity index (χ4v) is 5.17. The summed E-state index contributed by atoms with van der Waals surface area (Å²) in [4.78, 5) is 80.7. The van der Waals surface area contributed by atoms with E-state index in [0.717, 1.165) is 68.1 Å². The van der Waals surface area contributed by atoms with E-state index >= 15 is 0 Å². The van der Waals surface area contributed by atoms with E-state index in [9.17, 15) is 55.1 Å². The third kappa shape index (κ3) is 14.1. The Balaban J connectivity index is 2.00. The van der Waals surface area contributed by atoms with Crippen molar-refractivity contribution < 1.29 is 60.2 Å². The largest absolute Gasteiger partial charge is 0.481 e. The van der Waals surface area contributed by atoms with Crippen molar-refractivity contribution in [2.75, 3.05) is 39.3 Å². The monoisotopic (exact) mass is 780 g/mol. The predicted molar refractivity (Wildman–Crippen MR) is 183 cm³/mol. The average molecular weight is 781 g/mol. The van der Waals surface area contributed by atoms with E-state index in [4.69, 9.17) is 16.6 Å². The lowest BCUT2D eigenvalue weighted by Gasteiger charge is -2.31. The van der Waals surface area contributed by atoms with E-state index in [1.807, 2.05) is 0 Å². The van der Waals surface area contributed by atoms with Gasteiger partial charge in [0.25, 0.3) is 0 Å². The summed E-state index contributed by atoms with van der Waals surface area (Å²) in [5.41, 5.74) is 9.65. The number of nitrogens with zero attached hydrogens (tertiary/aromatic N) is 4. The number of benzene rings is 3. The molecule has 3 rings (SSSR count). The first-order valence-electron chi connectivity index (χ1n) is 16.4. The summed E-state index contributed by atoms with van der Waals surface area (Å²) in [6.07, 6.45) is -9.95. The van der Waals surface area contributed by atoms with E-state index < -0.39 is 118 Å². The Morgan fingerprint density at radius 1 is 0.527 bits per heavy atom. The SMILES string of the molecule is NCC(=O)N(CCC(=O)O)CC(=O)N(CC(=O)N(CC(=O)N(CC(N)=O)Cc1ccccc1)Cc1ccc(C(F)(F)F)cc1)Cc1ccc(C(F)(F)F)cc1. The van der Waals surface area contributed by atoms with Crippen LogP contribution in [0.3, 0.4) is 0 Å². The van der Waals surface area contributed by atoms with Gasteiger partial charge in [0, 0.05) is 26.2 Å². The second-order valence-electron chi connectivity index (χ2n) is 12.3. The zero-order valence-corrected chi connectivity index (χ0v) is 29.2. The highest BCUT2D eigenvalue weighted by Crippen LogP contribution is 2.30. The molecule has 0 saturated heterocycles. The second kappa shape index (κ2) is 19.4. The minimum Gasteiger partial charge on any atom is -0.481 e. The number of rotatable bonds is 18. The number of halogens is 6. The highest BCUT2D eigenvalue weighted by Gasteiger charge is 2.32. The van der Waals surface area contributed by atoms with Crippen molar-refractivity contribution in [2.24, 2.45) is 11.5 Å². The lowest BCUT2D eigenvalue weighted by molar-refractivity contribution is -0.147. The molecule has 0 fully saturated rings. The molecule has 0 heterocycles. The number of amides is 5. The molecule has 0 saturated carbocycles. The minimum atomic E-state index is -4.69. The van der Waals surface area contributed by atoms with Gasteiger partial charge in [-0.3, -0.25) is 28.8 Å². The first-order chi connectivity index (χ1) is 25.8. The van der Waals surface area contributed by atoms with Crippen LogP contribution >= 0.6 is 0 Å². The topological polar surface area (TPSA) is 188 Å². The Bertz CT molecular complexity index is 1810. The summed E-state index contributed by atoms with van der Waals surface area (Å²) in [6, 6.07) is 15.6. The molecule has 0 radical (unpaired) electrons. The molecular weight excluding hydrogens is 742 g/mol. The molecule has 0 aliphatic rings. The van der Waals surface area contributed by atoms with E-state index in [1.54, 1.807) is 30.3 Å². The Hall–Kier alpha value is -5.98. The van der Waals surface area contributed by atoms with Gasteiger partial charge in [-0.2, -0.15) is 26.3 Å². The number of carbonyl (C=O) groups excluding carboxylic acids is 5. The smallest absolute Gasteiger partial charge is 0.416 e. The number of carboxylic acids is 1. The molecule has 13 nitrogen and oxygen atoms in total. The maximum Gasteiger partial charge on any atom is 0.416 e. The fraction of sp³-hybridized carbons (Fsp3) is 0.333. The Morgan fingerprint density at radius 2 is 0.891 bits per heavy atom. The van der Waals surface area contributed by atoms with Crippen molar-refractivity contribution >= 4 is 35.5 Å². The maximum atomic E-state index is 14.1. The first-order valence-corrected chi connectivity index (χ1v) is 16.4. The van der Waals surface area contributed by atoms with Crippen molar-refractivity contribution in [2.45, 2.75) is 38.4 Å². The molecule has 3 aromatic carbocycles. The summed E-state index contributed by atoms with van der Waals surface area (Å²) in [7, 11) is 0. The normalized spacial score (nSPS) is 11.4. The van der Waals surface area contributed by atoms with Gasteiger partial charge in [-0.1, -0.05) is 54.6 Å². The molecule has 0 spiro atoms. The highest BCUT2D eigenvalue weighted by atomic mass is 19.4. The van der Waals surface area contributed by atoms with Gasteiger partial charge in [-0.05, 0) is 41.0 Å². The van der Waals surface area contributed by atoms with Crippen molar-refractivity contribution in [3.63, 3.8) is 0 Å². The van der Waals surface area contributed by atoms with Crippen LogP contribution < -0.4 is 11.5 Å². The van der Waals surface area contributed by atoms with E-state index in [0.29, 0.717) is 5.56 Å². The lowest BCUT2D eigenvalue weighted by Crippen LogP contribution is -2.50. The van der Waals surface area contributed by atoms with Gasteiger partial charge in [0.2, 0.25) is 29.5 Å². The fourth-order valence-electron chi connectivity index (χ4n) is 5.17. The summed E-state index contributed by atoms with van der Waals surface area (Å²) < 4.78 is 79.6. The summed E-state index contributed by atoms with van der Waals surface area (Å²) >= 11 is 0. The Labute approximate surface area is 311 Å². The average Bonchev–Trinajstić information content (AvgIpc) is 3.11. The third-order valence-electron chi connectivity index (χ3n) is 8.03. The second-order valence-corrected chi connectivity index (χ2v) is 12.3. The van der Waals surface area contributed by atoms with Crippen molar-refractivity contribution in [3.05, 3.63) is 107 Å². The van der Waals surface area contributed by atoms with Crippen LogP contribution in [0.5, 0.6) is 0 Å². The molecule has 5 N–H and O–H groups in total. The van der Waals surface area contributed by atoms with Gasteiger partial charge >= 0.3 is 18.3 Å². The Kier molecular flexibility index (Phi) is 15.3. The molecule has 0 aliphatic carbocycles. The van der Waals surface area contributed by atoms with Gasteiger partial charge in [0.1, 0.15) is 13.1 Å². The van der Waals surface area contributed by atoms with Crippen LogP contribution in [-0.4, -0.2) is 99.5 Å². The number of hydrogen-bond donors (Lipinski definition) is 3. The third-order valence-corrected chi connectivity index (χ3v) is 8.03. The van der Waals surface area contributed by atoms with Crippen molar-refractivity contribution in [1.82, 2.24) is 19.6 Å². The number of nitrogens with two attached hydrogens (primary N) is 2. The van der Waals surface area contributed by atoms with Crippen LogP contribution in [0.1, 0.15) is 34.2 Å². The van der Waals surface area contributed by atoms with Crippen LogP contribution in [0.2, 0.25) is 0 Å². The number of carbonyl (C=O) groups is 6. The maximum absolute atomic E-state index is 14.1. The van der Waals surface area contributed by atoms with Gasteiger partial charge < -0.3 is 36.2 Å². The van der Waals surface area contributed by atoms with E-state index in [1.165, 1.54) is 0 Å². The number of hydrogen-bond acceptors (Lipinski definition) is 7. The zero-order chi connectivity index (χ0) is 40.9. The molecule has 0 bridgehead atoms. The highest BCUT2D eigenvalue weighted by molar-refractivity contribution is 5.91. The molecule has 5 amide bonds. The van der Waals surface area contributed by atoms with Crippen molar-refractivity contribution in [1.29, 1.82) is 0 Å². The molecule has 0 unspecified atom stereocenters. The number of aliphatic carboxylic acids is 1. The molecule has 0 atom stereocenters. The van der Waals surface area contributed by atoms with Crippen LogP contribution in [0, 0.1) is 0 Å². The van der Waals surface area contributed by atoms with Crippen molar-refractivity contribution in [3.8, 4) is 0 Å². The molecule has 0 aliphatic heterocycles. The molecule has 55 heavy (non-hydrogen) atoms. The van der Waals surface area contributed by atoms with E-state index in [2.05, 4.69) is 0 Å². The molecule has 19 heteroatoms. The van der Waals surface area contributed by atoms with E-state index in [-0.39, 0.29) is 17.7 Å². The predicted octanol–water partition coefficient (Wildman–Crippen LogP) is 2.86. The summed E-state index contributed by atoms with van der Waals surface area (Å²) in [6.45, 7) is -5.17. The Morgan fingerprint density at radius 3 is 1.24 bits per heavy atom. The number of primary amides is 1. The van der Waals surface area contributed by atoms with Crippen LogP contribution in [0.25, 0.3) is 0 Å². The number of carboxylic acid groups (broad SMARTS) is 1. The van der Waals surface area contributed by atoms with Gasteiger partial charge in [0.15, 0.2) is 0 Å². The zero-order valence-electron chi connectivity index (χ0n) is 29.2. The minimum absolute atomic E-state index is 0.109. The number of alkyl halides is 6. The molecular formula is C36H38F6N6O7. The van der Waals surface area contributed by atoms with Gasteiger partial charge in [-0.15, -0.1) is 0 Å². The molecule has 3 aromatic rings. The van der Waals surface area contributed by atoms with Gasteiger partial charge in [0.05, 0.1) is 37.2 Å². The van der Waals surface area contributed by atoms with Crippen LogP contribution in [0.15, 0.2) is 78.9 Å². The van der Waals surface area contributed by atoms with Crippen LogP contribution in [-0.2, 0) is 60.8 Å².